The molecule has 1 saturated heterocycles. The molecule has 0 amide bonds. The first-order valence-corrected chi connectivity index (χ1v) is 9.29. The quantitative estimate of drug-likeness (QED) is 0.717. The second-order valence-electron chi connectivity index (χ2n) is 7.04. The first kappa shape index (κ1) is 16.8. The van der Waals surface area contributed by atoms with Crippen LogP contribution in [0.3, 0.4) is 0 Å². The Morgan fingerprint density at radius 3 is 2.73 bits per heavy atom. The van der Waals surface area contributed by atoms with E-state index < -0.39 is 0 Å². The summed E-state index contributed by atoms with van der Waals surface area (Å²) >= 11 is 0. The van der Waals surface area contributed by atoms with Gasteiger partial charge in [-0.05, 0) is 55.9 Å². The van der Waals surface area contributed by atoms with Crippen molar-refractivity contribution in [2.75, 3.05) is 18.4 Å². The third-order valence-corrected chi connectivity index (χ3v) is 5.28. The van der Waals surface area contributed by atoms with Crippen molar-refractivity contribution in [3.63, 3.8) is 0 Å². The van der Waals surface area contributed by atoms with E-state index in [0.717, 1.165) is 46.5 Å². The maximum absolute atomic E-state index is 4.56. The van der Waals surface area contributed by atoms with E-state index in [-0.39, 0.29) is 0 Å². The summed E-state index contributed by atoms with van der Waals surface area (Å²) in [6.45, 7) is 8.79. The highest BCUT2D eigenvalue weighted by Crippen LogP contribution is 2.25. The molecular weight excluding hydrogens is 322 g/mol. The van der Waals surface area contributed by atoms with E-state index in [0.29, 0.717) is 6.04 Å². The molecule has 4 rings (SSSR count). The fraction of sp³-hybridized carbons (Fsp3) is 0.333. The Morgan fingerprint density at radius 1 is 1.12 bits per heavy atom. The van der Waals surface area contributed by atoms with E-state index in [1.165, 1.54) is 19.3 Å². The molecule has 0 bridgehead atoms. The van der Waals surface area contributed by atoms with Gasteiger partial charge in [0.15, 0.2) is 0 Å². The Hall–Kier alpha value is -2.66. The van der Waals surface area contributed by atoms with Crippen LogP contribution in [-0.4, -0.2) is 39.2 Å². The molecule has 1 aromatic carbocycles. The Labute approximate surface area is 154 Å². The molecule has 134 valence electrons. The van der Waals surface area contributed by atoms with E-state index in [2.05, 4.69) is 63.2 Å². The van der Waals surface area contributed by atoms with Gasteiger partial charge in [0.05, 0.1) is 6.20 Å². The Morgan fingerprint density at radius 2 is 1.96 bits per heavy atom. The van der Waals surface area contributed by atoms with Crippen molar-refractivity contribution in [3.8, 4) is 11.1 Å². The number of nitrogens with zero attached hydrogens (tertiary/aromatic N) is 3. The smallest absolute Gasteiger partial charge is 0.130 e. The third kappa shape index (κ3) is 3.48. The molecule has 1 atom stereocenters. The van der Waals surface area contributed by atoms with E-state index in [1.807, 2.05) is 18.6 Å². The van der Waals surface area contributed by atoms with Gasteiger partial charge in [-0.1, -0.05) is 25.1 Å². The topological polar surface area (TPSA) is 56.8 Å². The number of H-pyrrole nitrogens is 1. The van der Waals surface area contributed by atoms with Crippen molar-refractivity contribution in [2.45, 2.75) is 32.2 Å². The summed E-state index contributed by atoms with van der Waals surface area (Å²) in [5.41, 5.74) is 3.23. The van der Waals surface area contributed by atoms with Gasteiger partial charge in [-0.25, -0.2) is 4.98 Å². The van der Waals surface area contributed by atoms with E-state index in [1.54, 1.807) is 0 Å². The van der Waals surface area contributed by atoms with E-state index >= 15 is 0 Å². The van der Waals surface area contributed by atoms with Crippen LogP contribution in [0.25, 0.3) is 21.9 Å². The molecule has 1 aliphatic heterocycles. The van der Waals surface area contributed by atoms with Crippen molar-refractivity contribution >= 4 is 16.6 Å². The Kier molecular flexibility index (Phi) is 4.71. The standard InChI is InChI=1S/C21H25N5/c1-15(16(2)26-8-4-3-5-9-26)25-21-11-19-10-17(20-13-23-24-14-20)6-7-18(19)12-22-21/h6-7,10-14,16H,1,3-5,8-9H2,2H3,(H,22,25)(H,23,24). The van der Waals surface area contributed by atoms with Crippen molar-refractivity contribution in [1.82, 2.24) is 20.1 Å². The number of fused-ring (bicyclic) bond motifs is 1. The minimum atomic E-state index is 0.310. The van der Waals surface area contributed by atoms with Crippen LogP contribution in [0.5, 0.6) is 0 Å². The summed E-state index contributed by atoms with van der Waals surface area (Å²) in [6, 6.07) is 8.76. The van der Waals surface area contributed by atoms with Crippen molar-refractivity contribution in [2.24, 2.45) is 0 Å². The number of pyridine rings is 1. The second kappa shape index (κ2) is 7.30. The monoisotopic (exact) mass is 347 g/mol. The minimum absolute atomic E-state index is 0.310. The van der Waals surface area contributed by atoms with Crippen LogP contribution in [-0.2, 0) is 0 Å². The molecule has 0 radical (unpaired) electrons. The van der Waals surface area contributed by atoms with Gasteiger partial charge in [0, 0.05) is 35.1 Å². The fourth-order valence-electron chi connectivity index (χ4n) is 3.59. The lowest BCUT2D eigenvalue weighted by Gasteiger charge is -2.33. The number of nitrogens with one attached hydrogen (secondary N) is 2. The van der Waals surface area contributed by atoms with Crippen molar-refractivity contribution in [3.05, 3.63) is 55.1 Å². The molecule has 5 nitrogen and oxygen atoms in total. The maximum atomic E-state index is 4.56. The summed E-state index contributed by atoms with van der Waals surface area (Å²) in [7, 11) is 0. The number of aromatic nitrogens is 3. The number of aromatic amines is 1. The van der Waals surface area contributed by atoms with Crippen molar-refractivity contribution < 1.29 is 0 Å². The van der Waals surface area contributed by atoms with Gasteiger partial charge >= 0.3 is 0 Å². The summed E-state index contributed by atoms with van der Waals surface area (Å²) < 4.78 is 0. The number of anilines is 1. The first-order valence-electron chi connectivity index (χ1n) is 9.29. The zero-order chi connectivity index (χ0) is 17.9. The maximum Gasteiger partial charge on any atom is 0.130 e. The number of likely N-dealkylation sites (tertiary alicyclic amines) is 1. The van der Waals surface area contributed by atoms with Crippen LogP contribution in [0.1, 0.15) is 26.2 Å². The van der Waals surface area contributed by atoms with Gasteiger partial charge in [-0.15, -0.1) is 0 Å². The average molecular weight is 347 g/mol. The van der Waals surface area contributed by atoms with Crippen LogP contribution >= 0.6 is 0 Å². The predicted octanol–water partition coefficient (Wildman–Crippen LogP) is 4.42. The van der Waals surface area contributed by atoms with Crippen LogP contribution < -0.4 is 5.32 Å². The molecule has 5 heteroatoms. The summed E-state index contributed by atoms with van der Waals surface area (Å²) in [5, 5.41) is 12.6. The SMILES string of the molecule is C=C(Nc1cc2cc(-c3cn[nH]c3)ccc2cn1)C(C)N1CCCCC1. The highest BCUT2D eigenvalue weighted by molar-refractivity contribution is 5.88. The average Bonchev–Trinajstić information content (AvgIpc) is 3.22. The highest BCUT2D eigenvalue weighted by atomic mass is 15.2. The normalized spacial score (nSPS) is 16.5. The van der Waals surface area contributed by atoms with Crippen LogP contribution in [0.15, 0.2) is 55.1 Å². The highest BCUT2D eigenvalue weighted by Gasteiger charge is 2.19. The molecule has 3 heterocycles. The molecule has 1 aliphatic rings. The van der Waals surface area contributed by atoms with Gasteiger partial charge < -0.3 is 5.32 Å². The summed E-state index contributed by atoms with van der Waals surface area (Å²) in [4.78, 5) is 7.05. The van der Waals surface area contributed by atoms with Gasteiger partial charge in [0.1, 0.15) is 5.82 Å². The molecule has 1 fully saturated rings. The molecule has 2 aromatic heterocycles. The lowest BCUT2D eigenvalue weighted by molar-refractivity contribution is 0.195. The summed E-state index contributed by atoms with van der Waals surface area (Å²) in [6.07, 6.45) is 9.56. The third-order valence-electron chi connectivity index (χ3n) is 5.28. The summed E-state index contributed by atoms with van der Waals surface area (Å²) in [5.74, 6) is 0.843. The molecule has 0 aliphatic carbocycles. The van der Waals surface area contributed by atoms with Crippen LogP contribution in [0.2, 0.25) is 0 Å². The largest absolute Gasteiger partial charge is 0.343 e. The Balaban J connectivity index is 1.53. The lowest BCUT2D eigenvalue weighted by atomic mass is 10.0. The molecule has 0 saturated carbocycles. The Bertz CT molecular complexity index is 894. The lowest BCUT2D eigenvalue weighted by Crippen LogP contribution is -2.39. The van der Waals surface area contributed by atoms with Gasteiger partial charge in [-0.3, -0.25) is 10.00 Å². The number of hydrogen-bond acceptors (Lipinski definition) is 4. The molecular formula is C21H25N5. The van der Waals surface area contributed by atoms with Gasteiger partial charge in [0.2, 0.25) is 0 Å². The zero-order valence-corrected chi connectivity index (χ0v) is 15.2. The van der Waals surface area contributed by atoms with Gasteiger partial charge in [0.25, 0.3) is 0 Å². The fourth-order valence-corrected chi connectivity index (χ4v) is 3.59. The van der Waals surface area contributed by atoms with E-state index in [9.17, 15) is 0 Å². The number of rotatable bonds is 5. The predicted molar refractivity (Wildman–Crippen MR) is 107 cm³/mol. The van der Waals surface area contributed by atoms with Crippen LogP contribution in [0, 0.1) is 0 Å². The molecule has 1 unspecified atom stereocenters. The van der Waals surface area contributed by atoms with Gasteiger partial charge in [-0.2, -0.15) is 5.10 Å². The first-order chi connectivity index (χ1) is 12.7. The zero-order valence-electron chi connectivity index (χ0n) is 15.2. The molecule has 0 spiro atoms. The number of benzene rings is 1. The molecule has 26 heavy (non-hydrogen) atoms. The van der Waals surface area contributed by atoms with Crippen LogP contribution in [0.4, 0.5) is 5.82 Å². The molecule has 2 N–H and O–H groups in total. The number of piperidine rings is 1. The minimum Gasteiger partial charge on any atom is -0.343 e. The van der Waals surface area contributed by atoms with E-state index in [4.69, 9.17) is 0 Å². The molecule has 3 aromatic rings. The number of hydrogen-bond donors (Lipinski definition) is 2. The van der Waals surface area contributed by atoms with Crippen molar-refractivity contribution in [1.29, 1.82) is 0 Å². The second-order valence-corrected chi connectivity index (χ2v) is 7.04.